The van der Waals surface area contributed by atoms with Gasteiger partial charge in [-0.3, -0.25) is 9.59 Å². The zero-order chi connectivity index (χ0) is 14.5. The van der Waals surface area contributed by atoms with Crippen LogP contribution < -0.4 is 0 Å². The maximum atomic E-state index is 12.0. The monoisotopic (exact) mass is 313 g/mol. The zero-order valence-electron chi connectivity index (χ0n) is 10.9. The average Bonchev–Trinajstić information content (AvgIpc) is 2.88. The number of carbonyl (C=O) groups is 2. The number of halogens is 1. The third-order valence-electron chi connectivity index (χ3n) is 3.27. The molecule has 1 fully saturated rings. The molecular weight excluding hydrogens is 298 g/mol. The Kier molecular flexibility index (Phi) is 5.31. The molecule has 1 N–H and O–H groups in total. The Hall–Kier alpha value is -1.20. The van der Waals surface area contributed by atoms with Gasteiger partial charge in [-0.2, -0.15) is 0 Å². The molecule has 6 heteroatoms. The molecule has 2 rings (SSSR count). The highest BCUT2D eigenvalue weighted by atomic mass is 35.5. The lowest BCUT2D eigenvalue weighted by atomic mass is 10.1. The first-order valence-electron chi connectivity index (χ1n) is 6.39. The van der Waals surface area contributed by atoms with Gasteiger partial charge < -0.3 is 10.0 Å². The van der Waals surface area contributed by atoms with Crippen LogP contribution in [0.2, 0.25) is 5.02 Å². The standard InChI is InChI=1S/C14H16ClNO3S/c15-12-3-1-2-10(6-12)8-20-9-13(17)16-5-4-11(7-16)14(18)19/h1-3,6,11H,4-5,7-9H2,(H,18,19). The number of aliphatic carboxylic acids is 1. The van der Waals surface area contributed by atoms with E-state index < -0.39 is 11.9 Å². The molecule has 1 heterocycles. The van der Waals surface area contributed by atoms with Crippen LogP contribution in [0, 0.1) is 5.92 Å². The first-order chi connectivity index (χ1) is 9.56. The van der Waals surface area contributed by atoms with Gasteiger partial charge >= 0.3 is 5.97 Å². The quantitative estimate of drug-likeness (QED) is 0.907. The molecule has 1 amide bonds. The van der Waals surface area contributed by atoms with Crippen molar-refractivity contribution in [3.63, 3.8) is 0 Å². The van der Waals surface area contributed by atoms with Crippen molar-refractivity contribution >= 4 is 35.2 Å². The predicted molar refractivity (Wildman–Crippen MR) is 79.9 cm³/mol. The van der Waals surface area contributed by atoms with E-state index in [1.807, 2.05) is 24.3 Å². The van der Waals surface area contributed by atoms with Crippen LogP contribution in [0.3, 0.4) is 0 Å². The van der Waals surface area contributed by atoms with Gasteiger partial charge in [0.25, 0.3) is 0 Å². The molecule has 0 bridgehead atoms. The Morgan fingerprint density at radius 3 is 2.90 bits per heavy atom. The summed E-state index contributed by atoms with van der Waals surface area (Å²) in [5, 5.41) is 9.60. The summed E-state index contributed by atoms with van der Waals surface area (Å²) in [6.07, 6.45) is 0.556. The number of nitrogens with zero attached hydrogens (tertiary/aromatic N) is 1. The molecule has 0 aliphatic carbocycles. The van der Waals surface area contributed by atoms with Gasteiger partial charge in [0.05, 0.1) is 11.7 Å². The second-order valence-corrected chi connectivity index (χ2v) is 6.21. The number of hydrogen-bond donors (Lipinski definition) is 1. The lowest BCUT2D eigenvalue weighted by Crippen LogP contribution is -2.31. The molecule has 1 saturated heterocycles. The highest BCUT2D eigenvalue weighted by Gasteiger charge is 2.30. The van der Waals surface area contributed by atoms with Crippen LogP contribution in [0.1, 0.15) is 12.0 Å². The molecule has 1 aliphatic heterocycles. The topological polar surface area (TPSA) is 57.6 Å². The first-order valence-corrected chi connectivity index (χ1v) is 7.92. The van der Waals surface area contributed by atoms with Crippen molar-refractivity contribution in [2.75, 3.05) is 18.8 Å². The molecule has 1 unspecified atom stereocenters. The van der Waals surface area contributed by atoms with Crippen molar-refractivity contribution in [3.8, 4) is 0 Å². The minimum atomic E-state index is -0.813. The van der Waals surface area contributed by atoms with E-state index in [2.05, 4.69) is 0 Å². The highest BCUT2D eigenvalue weighted by molar-refractivity contribution is 7.99. The van der Waals surface area contributed by atoms with Crippen molar-refractivity contribution in [1.82, 2.24) is 4.90 Å². The summed E-state index contributed by atoms with van der Waals surface area (Å²) in [6.45, 7) is 0.888. The fraction of sp³-hybridized carbons (Fsp3) is 0.429. The van der Waals surface area contributed by atoms with Crippen molar-refractivity contribution < 1.29 is 14.7 Å². The predicted octanol–water partition coefficient (Wildman–Crippen LogP) is 2.51. The third kappa shape index (κ3) is 4.15. The third-order valence-corrected chi connectivity index (χ3v) is 4.50. The summed E-state index contributed by atoms with van der Waals surface area (Å²) in [4.78, 5) is 24.4. The van der Waals surface area contributed by atoms with E-state index >= 15 is 0 Å². The maximum absolute atomic E-state index is 12.0. The second-order valence-electron chi connectivity index (χ2n) is 4.79. The number of hydrogen-bond acceptors (Lipinski definition) is 3. The van der Waals surface area contributed by atoms with Crippen LogP contribution in [-0.4, -0.2) is 40.7 Å². The Morgan fingerprint density at radius 1 is 1.45 bits per heavy atom. The largest absolute Gasteiger partial charge is 0.481 e. The summed E-state index contributed by atoms with van der Waals surface area (Å²) < 4.78 is 0. The van der Waals surface area contributed by atoms with Crippen molar-refractivity contribution in [2.24, 2.45) is 5.92 Å². The van der Waals surface area contributed by atoms with Gasteiger partial charge in [0.1, 0.15) is 0 Å². The van der Waals surface area contributed by atoms with Crippen molar-refractivity contribution in [1.29, 1.82) is 0 Å². The van der Waals surface area contributed by atoms with Crippen molar-refractivity contribution in [2.45, 2.75) is 12.2 Å². The first kappa shape index (κ1) is 15.2. The van der Waals surface area contributed by atoms with E-state index in [0.717, 1.165) is 11.3 Å². The fourth-order valence-electron chi connectivity index (χ4n) is 2.16. The highest BCUT2D eigenvalue weighted by Crippen LogP contribution is 2.20. The number of rotatable bonds is 5. The van der Waals surface area contributed by atoms with Crippen molar-refractivity contribution in [3.05, 3.63) is 34.9 Å². The van der Waals surface area contributed by atoms with Gasteiger partial charge in [-0.1, -0.05) is 23.7 Å². The minimum Gasteiger partial charge on any atom is -0.481 e. The number of likely N-dealkylation sites (tertiary alicyclic amines) is 1. The molecule has 1 atom stereocenters. The molecule has 0 spiro atoms. The number of thioether (sulfide) groups is 1. The molecule has 1 aromatic carbocycles. The van der Waals surface area contributed by atoms with Gasteiger partial charge in [0.2, 0.25) is 5.91 Å². The van der Waals surface area contributed by atoms with Crippen LogP contribution >= 0.6 is 23.4 Å². The van der Waals surface area contributed by atoms with Crippen LogP contribution in [-0.2, 0) is 15.3 Å². The summed E-state index contributed by atoms with van der Waals surface area (Å²) in [7, 11) is 0. The number of carboxylic acid groups (broad SMARTS) is 1. The Labute approximate surface area is 127 Å². The number of benzene rings is 1. The zero-order valence-corrected chi connectivity index (χ0v) is 12.5. The molecule has 0 saturated carbocycles. The van der Waals surface area contributed by atoms with Crippen LogP contribution in [0.25, 0.3) is 0 Å². The summed E-state index contributed by atoms with van der Waals surface area (Å²) in [5.41, 5.74) is 1.08. The summed E-state index contributed by atoms with van der Waals surface area (Å²) >= 11 is 7.42. The van der Waals surface area contributed by atoms with Gasteiger partial charge in [-0.05, 0) is 24.1 Å². The summed E-state index contributed by atoms with van der Waals surface area (Å²) in [5.74, 6) is -0.106. The van der Waals surface area contributed by atoms with E-state index in [-0.39, 0.29) is 5.91 Å². The molecule has 0 aromatic heterocycles. The van der Waals surface area contributed by atoms with Crippen LogP contribution in [0.4, 0.5) is 0 Å². The molecule has 1 aliphatic rings. The molecule has 4 nitrogen and oxygen atoms in total. The molecule has 0 radical (unpaired) electrons. The molecular formula is C14H16ClNO3S. The SMILES string of the molecule is O=C(O)C1CCN(C(=O)CSCc2cccc(Cl)c2)C1. The molecule has 20 heavy (non-hydrogen) atoms. The van der Waals surface area contributed by atoms with Gasteiger partial charge in [-0.15, -0.1) is 11.8 Å². The van der Waals surface area contributed by atoms with Crippen LogP contribution in [0.5, 0.6) is 0 Å². The minimum absolute atomic E-state index is 0.0146. The number of amides is 1. The maximum Gasteiger partial charge on any atom is 0.308 e. The molecule has 1 aromatic rings. The smallest absolute Gasteiger partial charge is 0.308 e. The fourth-order valence-corrected chi connectivity index (χ4v) is 3.25. The lowest BCUT2D eigenvalue weighted by molar-refractivity contribution is -0.141. The number of carbonyl (C=O) groups excluding carboxylic acids is 1. The normalized spacial score (nSPS) is 18.2. The average molecular weight is 314 g/mol. The Bertz CT molecular complexity index is 509. The Balaban J connectivity index is 1.75. The van der Waals surface area contributed by atoms with Gasteiger partial charge in [-0.25, -0.2) is 0 Å². The lowest BCUT2D eigenvalue weighted by Gasteiger charge is -2.15. The van der Waals surface area contributed by atoms with E-state index in [4.69, 9.17) is 16.7 Å². The van der Waals surface area contributed by atoms with E-state index in [9.17, 15) is 9.59 Å². The van der Waals surface area contributed by atoms with Gasteiger partial charge in [0, 0.05) is 23.9 Å². The van der Waals surface area contributed by atoms with E-state index in [1.165, 1.54) is 11.8 Å². The molecule has 108 valence electrons. The number of carboxylic acids is 1. The Morgan fingerprint density at radius 2 is 2.25 bits per heavy atom. The summed E-state index contributed by atoms with van der Waals surface area (Å²) in [6, 6.07) is 7.56. The van der Waals surface area contributed by atoms with E-state index in [0.29, 0.717) is 30.3 Å². The van der Waals surface area contributed by atoms with E-state index in [1.54, 1.807) is 4.90 Å². The van der Waals surface area contributed by atoms with Crippen LogP contribution in [0.15, 0.2) is 24.3 Å². The van der Waals surface area contributed by atoms with Gasteiger partial charge in [0.15, 0.2) is 0 Å². The second kappa shape index (κ2) is 6.99.